The zero-order valence-electron chi connectivity index (χ0n) is 13.6. The van der Waals surface area contributed by atoms with Crippen LogP contribution in [0.4, 0.5) is 0 Å². The molecule has 1 fully saturated rings. The van der Waals surface area contributed by atoms with Gasteiger partial charge in [0.25, 0.3) is 0 Å². The molecular weight excluding hydrogens is 246 g/mol. The standard InChI is InChI=1S/C18H33NO/c1-16-14-19(15-17(2)20-16)18-12-10-8-6-4-3-5-7-9-11-13-18/h12,16-17H,3-11,13-15H2,1-2H3/b18-12+/t16-,17-/m0/s1. The average molecular weight is 279 g/mol. The van der Waals surface area contributed by atoms with E-state index in [0.717, 1.165) is 13.1 Å². The van der Waals surface area contributed by atoms with Crippen molar-refractivity contribution in [2.24, 2.45) is 0 Å². The summed E-state index contributed by atoms with van der Waals surface area (Å²) in [6, 6.07) is 0. The summed E-state index contributed by atoms with van der Waals surface area (Å²) in [5.74, 6) is 0. The van der Waals surface area contributed by atoms with Gasteiger partial charge in [-0.05, 0) is 39.5 Å². The Bertz CT molecular complexity index is 290. The molecule has 1 heterocycles. The van der Waals surface area contributed by atoms with Gasteiger partial charge in [0.2, 0.25) is 0 Å². The first-order valence-corrected chi connectivity index (χ1v) is 8.85. The van der Waals surface area contributed by atoms with Crippen LogP contribution in [0.5, 0.6) is 0 Å². The molecule has 1 aliphatic heterocycles. The third-order valence-corrected chi connectivity index (χ3v) is 4.59. The lowest BCUT2D eigenvalue weighted by atomic mass is 10.0. The Morgan fingerprint density at radius 2 is 1.40 bits per heavy atom. The first-order chi connectivity index (χ1) is 9.75. The molecule has 0 unspecified atom stereocenters. The second-order valence-corrected chi connectivity index (χ2v) is 6.72. The Kier molecular flexibility index (Phi) is 6.92. The van der Waals surface area contributed by atoms with Gasteiger partial charge in [0.1, 0.15) is 0 Å². The Morgan fingerprint density at radius 3 is 2.05 bits per heavy atom. The van der Waals surface area contributed by atoms with Gasteiger partial charge >= 0.3 is 0 Å². The van der Waals surface area contributed by atoms with E-state index in [-0.39, 0.29) is 0 Å². The minimum Gasteiger partial charge on any atom is -0.372 e. The molecule has 2 heteroatoms. The molecule has 0 spiro atoms. The van der Waals surface area contributed by atoms with E-state index in [1.165, 1.54) is 64.2 Å². The predicted octanol–water partition coefficient (Wildman–Crippen LogP) is 4.89. The van der Waals surface area contributed by atoms with Crippen molar-refractivity contribution in [3.63, 3.8) is 0 Å². The summed E-state index contributed by atoms with van der Waals surface area (Å²) in [6.45, 7) is 6.57. The highest BCUT2D eigenvalue weighted by molar-refractivity contribution is 5.03. The molecule has 0 N–H and O–H groups in total. The normalized spacial score (nSPS) is 33.7. The fourth-order valence-corrected chi connectivity index (χ4v) is 3.58. The Labute approximate surface area is 125 Å². The second-order valence-electron chi connectivity index (χ2n) is 6.72. The van der Waals surface area contributed by atoms with Crippen LogP contribution in [-0.2, 0) is 4.74 Å². The summed E-state index contributed by atoms with van der Waals surface area (Å²) in [4.78, 5) is 2.60. The van der Waals surface area contributed by atoms with Crippen LogP contribution >= 0.6 is 0 Å². The van der Waals surface area contributed by atoms with Crippen molar-refractivity contribution >= 4 is 0 Å². The van der Waals surface area contributed by atoms with Crippen LogP contribution in [0.2, 0.25) is 0 Å². The maximum Gasteiger partial charge on any atom is 0.0726 e. The minimum atomic E-state index is 0.376. The highest BCUT2D eigenvalue weighted by atomic mass is 16.5. The summed E-state index contributed by atoms with van der Waals surface area (Å²) >= 11 is 0. The van der Waals surface area contributed by atoms with E-state index < -0.39 is 0 Å². The van der Waals surface area contributed by atoms with Crippen LogP contribution in [0.1, 0.15) is 78.1 Å². The average Bonchev–Trinajstić information content (AvgIpc) is 2.38. The number of morpholine rings is 1. The Morgan fingerprint density at radius 1 is 0.850 bits per heavy atom. The molecule has 116 valence electrons. The number of ether oxygens (including phenoxy) is 1. The lowest BCUT2D eigenvalue weighted by Gasteiger charge is -2.38. The molecule has 2 nitrogen and oxygen atoms in total. The second kappa shape index (κ2) is 8.71. The molecule has 2 aliphatic rings. The minimum absolute atomic E-state index is 0.376. The van der Waals surface area contributed by atoms with Gasteiger partial charge in [-0.15, -0.1) is 0 Å². The molecule has 20 heavy (non-hydrogen) atoms. The maximum absolute atomic E-state index is 5.88. The van der Waals surface area contributed by atoms with E-state index in [1.807, 2.05) is 0 Å². The van der Waals surface area contributed by atoms with Crippen molar-refractivity contribution in [2.45, 2.75) is 90.3 Å². The van der Waals surface area contributed by atoms with Gasteiger partial charge in [-0.2, -0.15) is 0 Å². The Hall–Kier alpha value is -0.500. The summed E-state index contributed by atoms with van der Waals surface area (Å²) in [5, 5.41) is 0. The van der Waals surface area contributed by atoms with Gasteiger partial charge < -0.3 is 9.64 Å². The lowest BCUT2D eigenvalue weighted by Crippen LogP contribution is -2.44. The zero-order valence-corrected chi connectivity index (χ0v) is 13.6. The van der Waals surface area contributed by atoms with Gasteiger partial charge in [0, 0.05) is 18.8 Å². The number of hydrogen-bond donors (Lipinski definition) is 0. The quantitative estimate of drug-likeness (QED) is 0.677. The molecule has 0 aromatic carbocycles. The van der Waals surface area contributed by atoms with Gasteiger partial charge in [-0.1, -0.05) is 44.6 Å². The van der Waals surface area contributed by atoms with Crippen LogP contribution in [0.15, 0.2) is 11.8 Å². The van der Waals surface area contributed by atoms with Crippen molar-refractivity contribution in [2.75, 3.05) is 13.1 Å². The van der Waals surface area contributed by atoms with Crippen molar-refractivity contribution in [3.8, 4) is 0 Å². The van der Waals surface area contributed by atoms with Crippen molar-refractivity contribution in [1.29, 1.82) is 0 Å². The van der Waals surface area contributed by atoms with Gasteiger partial charge in [0.15, 0.2) is 0 Å². The van der Waals surface area contributed by atoms with Crippen molar-refractivity contribution in [3.05, 3.63) is 11.8 Å². The van der Waals surface area contributed by atoms with Gasteiger partial charge in [-0.25, -0.2) is 0 Å². The van der Waals surface area contributed by atoms with E-state index in [1.54, 1.807) is 5.70 Å². The maximum atomic E-state index is 5.88. The van der Waals surface area contributed by atoms with Gasteiger partial charge in [0.05, 0.1) is 12.2 Å². The van der Waals surface area contributed by atoms with Crippen molar-refractivity contribution in [1.82, 2.24) is 4.90 Å². The monoisotopic (exact) mass is 279 g/mol. The summed E-state index contributed by atoms with van der Waals surface area (Å²) in [6.07, 6.45) is 17.2. The molecule has 2 rings (SSSR count). The van der Waals surface area contributed by atoms with E-state index >= 15 is 0 Å². The molecule has 0 radical (unpaired) electrons. The molecule has 1 aliphatic carbocycles. The van der Waals surface area contributed by atoms with Gasteiger partial charge in [-0.3, -0.25) is 0 Å². The molecule has 0 bridgehead atoms. The number of nitrogens with zero attached hydrogens (tertiary/aromatic N) is 1. The van der Waals surface area contributed by atoms with E-state index in [0.29, 0.717) is 12.2 Å². The van der Waals surface area contributed by atoms with Crippen LogP contribution in [-0.4, -0.2) is 30.2 Å². The first-order valence-electron chi connectivity index (χ1n) is 8.85. The van der Waals surface area contributed by atoms with E-state index in [4.69, 9.17) is 4.74 Å². The smallest absolute Gasteiger partial charge is 0.0726 e. The SMILES string of the molecule is C[C@H]1CN(/C2=C/CCCCCCCCCC2)C[C@H](C)O1. The molecule has 0 aromatic rings. The van der Waals surface area contributed by atoms with E-state index in [9.17, 15) is 0 Å². The molecule has 0 saturated carbocycles. The highest BCUT2D eigenvalue weighted by Crippen LogP contribution is 2.22. The zero-order chi connectivity index (χ0) is 14.2. The third kappa shape index (κ3) is 5.47. The van der Waals surface area contributed by atoms with Crippen LogP contribution in [0.25, 0.3) is 0 Å². The fraction of sp³-hybridized carbons (Fsp3) is 0.889. The molecule has 0 amide bonds. The number of hydrogen-bond acceptors (Lipinski definition) is 2. The predicted molar refractivity (Wildman–Crippen MR) is 85.8 cm³/mol. The number of allylic oxidation sites excluding steroid dienone is 2. The van der Waals surface area contributed by atoms with Crippen LogP contribution < -0.4 is 0 Å². The lowest BCUT2D eigenvalue weighted by molar-refractivity contribution is -0.0588. The largest absolute Gasteiger partial charge is 0.372 e. The topological polar surface area (TPSA) is 12.5 Å². The van der Waals surface area contributed by atoms with Crippen molar-refractivity contribution < 1.29 is 4.74 Å². The van der Waals surface area contributed by atoms with Crippen LogP contribution in [0, 0.1) is 0 Å². The molecule has 0 aromatic heterocycles. The van der Waals surface area contributed by atoms with E-state index in [2.05, 4.69) is 24.8 Å². The fourth-order valence-electron chi connectivity index (χ4n) is 3.58. The first kappa shape index (κ1) is 15.9. The summed E-state index contributed by atoms with van der Waals surface area (Å²) in [5.41, 5.74) is 1.60. The van der Waals surface area contributed by atoms with Crippen LogP contribution in [0.3, 0.4) is 0 Å². The Balaban J connectivity index is 1.93. The molecule has 1 saturated heterocycles. The number of rotatable bonds is 1. The highest BCUT2D eigenvalue weighted by Gasteiger charge is 2.23. The molecule has 2 atom stereocenters. The summed E-state index contributed by atoms with van der Waals surface area (Å²) in [7, 11) is 0. The molecular formula is C18H33NO. The summed E-state index contributed by atoms with van der Waals surface area (Å²) < 4.78 is 5.88. The third-order valence-electron chi connectivity index (χ3n) is 4.59.